The van der Waals surface area contributed by atoms with E-state index < -0.39 is 10.0 Å². The lowest BCUT2D eigenvalue weighted by Gasteiger charge is -2.19. The van der Waals surface area contributed by atoms with Crippen LogP contribution in [-0.2, 0) is 10.0 Å². The first-order valence-corrected chi connectivity index (χ1v) is 10.1. The van der Waals surface area contributed by atoms with Crippen LogP contribution in [0.2, 0.25) is 0 Å². The van der Waals surface area contributed by atoms with Gasteiger partial charge in [0.25, 0.3) is 5.91 Å². The first kappa shape index (κ1) is 19.8. The van der Waals surface area contributed by atoms with Crippen molar-refractivity contribution in [3.63, 3.8) is 0 Å². The van der Waals surface area contributed by atoms with E-state index in [1.807, 2.05) is 19.9 Å². The zero-order chi connectivity index (χ0) is 19.5. The lowest BCUT2D eigenvalue weighted by atomic mass is 10.1. The van der Waals surface area contributed by atoms with Crippen molar-refractivity contribution in [1.29, 1.82) is 0 Å². The van der Waals surface area contributed by atoms with Crippen LogP contribution in [0.3, 0.4) is 0 Å². The molecule has 2 aromatic carbocycles. The van der Waals surface area contributed by atoms with Crippen molar-refractivity contribution in [2.24, 2.45) is 0 Å². The van der Waals surface area contributed by atoms with Gasteiger partial charge in [0.1, 0.15) is 5.75 Å². The zero-order valence-corrected chi connectivity index (χ0v) is 16.4. The summed E-state index contributed by atoms with van der Waals surface area (Å²) < 4.78 is 30.4. The molecule has 0 aliphatic carbocycles. The molecule has 0 fully saturated rings. The van der Waals surface area contributed by atoms with Gasteiger partial charge in [-0.15, -0.1) is 0 Å². The van der Waals surface area contributed by atoms with E-state index in [0.717, 1.165) is 16.1 Å². The van der Waals surface area contributed by atoms with Gasteiger partial charge in [0.2, 0.25) is 10.0 Å². The standard InChI is InChI=1S/C19H24N2O4S/c1-13(2)25-17-8-6-7-16(12-17)20-19(22)15-10-9-14(3)18(11-15)21(4)26(5,23)24/h6-13H,1-5H3,(H,20,22). The van der Waals surface area contributed by atoms with Gasteiger partial charge in [-0.05, 0) is 50.6 Å². The Balaban J connectivity index is 2.25. The summed E-state index contributed by atoms with van der Waals surface area (Å²) in [6, 6.07) is 12.1. The average Bonchev–Trinajstić information content (AvgIpc) is 2.53. The summed E-state index contributed by atoms with van der Waals surface area (Å²) in [6.07, 6.45) is 1.16. The number of sulfonamides is 1. The van der Waals surface area contributed by atoms with E-state index in [1.54, 1.807) is 43.3 Å². The molecule has 0 aliphatic rings. The molecule has 0 saturated heterocycles. The Kier molecular flexibility index (Phi) is 5.92. The number of hydrogen-bond donors (Lipinski definition) is 1. The predicted molar refractivity (Wildman–Crippen MR) is 105 cm³/mol. The van der Waals surface area contributed by atoms with Crippen LogP contribution in [0.1, 0.15) is 29.8 Å². The maximum Gasteiger partial charge on any atom is 0.255 e. The van der Waals surface area contributed by atoms with E-state index in [0.29, 0.717) is 22.7 Å². The molecular formula is C19H24N2O4S. The molecule has 140 valence electrons. The fourth-order valence-corrected chi connectivity index (χ4v) is 2.95. The van der Waals surface area contributed by atoms with Crippen molar-refractivity contribution in [2.45, 2.75) is 26.9 Å². The molecule has 26 heavy (non-hydrogen) atoms. The van der Waals surface area contributed by atoms with Crippen molar-refractivity contribution in [3.05, 3.63) is 53.6 Å². The van der Waals surface area contributed by atoms with Crippen LogP contribution in [0.25, 0.3) is 0 Å². The molecule has 0 aromatic heterocycles. The van der Waals surface area contributed by atoms with Crippen LogP contribution in [0, 0.1) is 6.92 Å². The third-order valence-electron chi connectivity index (χ3n) is 3.77. The number of ether oxygens (including phenoxy) is 1. The Morgan fingerprint density at radius 2 is 1.85 bits per heavy atom. The highest BCUT2D eigenvalue weighted by atomic mass is 32.2. The van der Waals surface area contributed by atoms with E-state index in [4.69, 9.17) is 4.74 Å². The normalized spacial score (nSPS) is 11.3. The summed E-state index contributed by atoms with van der Waals surface area (Å²) in [4.78, 5) is 12.6. The molecule has 0 spiro atoms. The highest BCUT2D eigenvalue weighted by Crippen LogP contribution is 2.24. The van der Waals surface area contributed by atoms with Crippen LogP contribution in [0.15, 0.2) is 42.5 Å². The molecule has 0 aliphatic heterocycles. The maximum atomic E-state index is 12.6. The van der Waals surface area contributed by atoms with Crippen LogP contribution in [-0.4, -0.2) is 33.7 Å². The lowest BCUT2D eigenvalue weighted by molar-refractivity contribution is 0.102. The van der Waals surface area contributed by atoms with Crippen LogP contribution in [0.4, 0.5) is 11.4 Å². The van der Waals surface area contributed by atoms with Gasteiger partial charge >= 0.3 is 0 Å². The van der Waals surface area contributed by atoms with Gasteiger partial charge in [-0.2, -0.15) is 0 Å². The molecule has 0 atom stereocenters. The average molecular weight is 376 g/mol. The molecule has 0 saturated carbocycles. The van der Waals surface area contributed by atoms with Crippen molar-refractivity contribution in [3.8, 4) is 5.75 Å². The third-order valence-corrected chi connectivity index (χ3v) is 4.96. The van der Waals surface area contributed by atoms with Gasteiger partial charge in [0.15, 0.2) is 0 Å². The molecule has 7 heteroatoms. The van der Waals surface area contributed by atoms with Crippen LogP contribution in [0.5, 0.6) is 5.75 Å². The van der Waals surface area contributed by atoms with E-state index in [-0.39, 0.29) is 12.0 Å². The number of carbonyl (C=O) groups excluding carboxylic acids is 1. The molecular weight excluding hydrogens is 352 g/mol. The zero-order valence-electron chi connectivity index (χ0n) is 15.6. The molecule has 2 aromatic rings. The van der Waals surface area contributed by atoms with E-state index >= 15 is 0 Å². The highest BCUT2D eigenvalue weighted by molar-refractivity contribution is 7.92. The second-order valence-electron chi connectivity index (χ2n) is 6.38. The van der Waals surface area contributed by atoms with E-state index in [9.17, 15) is 13.2 Å². The van der Waals surface area contributed by atoms with Gasteiger partial charge in [-0.25, -0.2) is 8.42 Å². The minimum atomic E-state index is -3.41. The van der Waals surface area contributed by atoms with Gasteiger partial charge in [0.05, 0.1) is 18.0 Å². The van der Waals surface area contributed by atoms with Gasteiger partial charge in [-0.3, -0.25) is 9.10 Å². The summed E-state index contributed by atoms with van der Waals surface area (Å²) in [5, 5.41) is 2.81. The second-order valence-corrected chi connectivity index (χ2v) is 8.39. The minimum Gasteiger partial charge on any atom is -0.491 e. The Labute approximate surface area is 154 Å². The van der Waals surface area contributed by atoms with Gasteiger partial charge < -0.3 is 10.1 Å². The summed E-state index contributed by atoms with van der Waals surface area (Å²) in [6.45, 7) is 5.65. The summed E-state index contributed by atoms with van der Waals surface area (Å²) in [7, 11) is -1.95. The molecule has 0 unspecified atom stereocenters. The molecule has 6 nitrogen and oxygen atoms in total. The monoisotopic (exact) mass is 376 g/mol. The summed E-state index contributed by atoms with van der Waals surface area (Å²) in [5.41, 5.74) is 2.21. The second kappa shape index (κ2) is 7.78. The SMILES string of the molecule is Cc1ccc(C(=O)Nc2cccc(OC(C)C)c2)cc1N(C)S(C)(=O)=O. The van der Waals surface area contributed by atoms with Crippen molar-refractivity contribution >= 4 is 27.3 Å². The fourth-order valence-electron chi connectivity index (χ4n) is 2.39. The summed E-state index contributed by atoms with van der Waals surface area (Å²) in [5.74, 6) is 0.342. The molecule has 0 radical (unpaired) electrons. The molecule has 0 heterocycles. The van der Waals surface area contributed by atoms with Crippen LogP contribution >= 0.6 is 0 Å². The highest BCUT2D eigenvalue weighted by Gasteiger charge is 2.17. The minimum absolute atomic E-state index is 0.0344. The third kappa shape index (κ3) is 4.98. The number of nitrogens with one attached hydrogen (secondary N) is 1. The predicted octanol–water partition coefficient (Wildman–Crippen LogP) is 3.43. The summed E-state index contributed by atoms with van der Waals surface area (Å²) >= 11 is 0. The lowest BCUT2D eigenvalue weighted by Crippen LogP contribution is -2.26. The van der Waals surface area contributed by atoms with E-state index in [1.165, 1.54) is 7.05 Å². The first-order valence-electron chi connectivity index (χ1n) is 8.20. The number of amides is 1. The molecule has 2 rings (SSSR count). The molecule has 1 N–H and O–H groups in total. The number of rotatable bonds is 6. The first-order chi connectivity index (χ1) is 12.1. The van der Waals surface area contributed by atoms with E-state index in [2.05, 4.69) is 5.32 Å². The maximum absolute atomic E-state index is 12.6. The number of hydrogen-bond acceptors (Lipinski definition) is 4. The van der Waals surface area contributed by atoms with Crippen LogP contribution < -0.4 is 14.4 Å². The topological polar surface area (TPSA) is 75.7 Å². The fraction of sp³-hybridized carbons (Fsp3) is 0.316. The Morgan fingerprint density at radius 1 is 1.15 bits per heavy atom. The smallest absolute Gasteiger partial charge is 0.255 e. The largest absolute Gasteiger partial charge is 0.491 e. The van der Waals surface area contributed by atoms with Crippen molar-refractivity contribution < 1.29 is 17.9 Å². The number of aryl methyl sites for hydroxylation is 1. The number of benzene rings is 2. The quantitative estimate of drug-likeness (QED) is 0.838. The molecule has 0 bridgehead atoms. The van der Waals surface area contributed by atoms with Gasteiger partial charge in [-0.1, -0.05) is 12.1 Å². The number of anilines is 2. The molecule has 1 amide bonds. The Bertz CT molecular complexity index is 908. The van der Waals surface area contributed by atoms with Crippen molar-refractivity contribution in [2.75, 3.05) is 22.9 Å². The van der Waals surface area contributed by atoms with Gasteiger partial charge in [0, 0.05) is 24.4 Å². The number of nitrogens with zero attached hydrogens (tertiary/aromatic N) is 1. The Morgan fingerprint density at radius 3 is 2.46 bits per heavy atom. The number of carbonyl (C=O) groups is 1. The van der Waals surface area contributed by atoms with Crippen molar-refractivity contribution in [1.82, 2.24) is 0 Å². The Hall–Kier alpha value is -2.54.